The van der Waals surface area contributed by atoms with E-state index in [0.717, 1.165) is 0 Å². The van der Waals surface area contributed by atoms with Crippen LogP contribution >= 0.6 is 0 Å². The van der Waals surface area contributed by atoms with E-state index in [2.05, 4.69) is 15.6 Å². The van der Waals surface area contributed by atoms with Gasteiger partial charge in [-0.1, -0.05) is 0 Å². The Kier molecular flexibility index (Phi) is 4.28. The first kappa shape index (κ1) is 12.5. The number of nitrogens with zero attached hydrogens (tertiary/aromatic N) is 1. The smallest absolute Gasteiger partial charge is 0.244 e. The molecule has 5 nitrogen and oxygen atoms in total. The summed E-state index contributed by atoms with van der Waals surface area (Å²) in [6, 6.07) is 2.93. The van der Waals surface area contributed by atoms with E-state index >= 15 is 0 Å². The molecular weight excluding hydrogens is 226 g/mol. The van der Waals surface area contributed by atoms with Crippen LogP contribution in [0.25, 0.3) is 0 Å². The normalized spacial score (nSPS) is 10.9. The van der Waals surface area contributed by atoms with E-state index in [1.54, 1.807) is 0 Å². The van der Waals surface area contributed by atoms with Gasteiger partial charge in [0.25, 0.3) is 0 Å². The van der Waals surface area contributed by atoms with E-state index in [0.29, 0.717) is 19.4 Å². The Bertz CT molecular complexity index is 491. The van der Waals surface area contributed by atoms with Crippen LogP contribution in [-0.4, -0.2) is 19.9 Å². The molecule has 0 aliphatic rings. The van der Waals surface area contributed by atoms with Crippen molar-refractivity contribution < 1.29 is 8.42 Å². The van der Waals surface area contributed by atoms with Crippen LogP contribution in [0.2, 0.25) is 0 Å². The van der Waals surface area contributed by atoms with Crippen molar-refractivity contribution in [1.29, 1.82) is 0 Å². The van der Waals surface area contributed by atoms with Crippen LogP contribution in [0.4, 0.5) is 5.82 Å². The van der Waals surface area contributed by atoms with Crippen LogP contribution in [0.3, 0.4) is 0 Å². The molecule has 0 aromatic carbocycles. The minimum atomic E-state index is -3.58. The molecule has 1 aromatic heterocycles. The van der Waals surface area contributed by atoms with Gasteiger partial charge in [0, 0.05) is 19.2 Å². The topological polar surface area (TPSA) is 85.1 Å². The van der Waals surface area contributed by atoms with Crippen LogP contribution in [0.1, 0.15) is 12.8 Å². The molecule has 0 atom stereocenters. The lowest BCUT2D eigenvalue weighted by molar-refractivity contribution is 0.580. The second kappa shape index (κ2) is 5.49. The van der Waals surface area contributed by atoms with Gasteiger partial charge in [-0.2, -0.15) is 0 Å². The van der Waals surface area contributed by atoms with Crippen molar-refractivity contribution in [3.8, 4) is 12.3 Å². The van der Waals surface area contributed by atoms with Gasteiger partial charge in [0.05, 0.1) is 0 Å². The molecular formula is C10H13N3O2S. The zero-order valence-electron chi connectivity index (χ0n) is 8.68. The van der Waals surface area contributed by atoms with Gasteiger partial charge in [0.15, 0.2) is 0 Å². The van der Waals surface area contributed by atoms with E-state index in [1.165, 1.54) is 18.3 Å². The molecule has 1 heterocycles. The van der Waals surface area contributed by atoms with Crippen molar-refractivity contribution in [3.63, 3.8) is 0 Å². The standard InChI is InChI=1S/C10H13N3O2S/c1-2-3-4-8-13-16(14,15)9-6-5-7-12-10(9)11/h1,5-7,13H,3-4,8H2,(H2,11,12). The number of nitrogen functional groups attached to an aromatic ring is 1. The lowest BCUT2D eigenvalue weighted by Crippen LogP contribution is -2.25. The van der Waals surface area contributed by atoms with Crippen molar-refractivity contribution in [2.75, 3.05) is 12.3 Å². The van der Waals surface area contributed by atoms with Gasteiger partial charge >= 0.3 is 0 Å². The van der Waals surface area contributed by atoms with Gasteiger partial charge in [0.2, 0.25) is 10.0 Å². The molecule has 86 valence electrons. The third-order valence-corrected chi connectivity index (χ3v) is 3.39. The number of terminal acetylenes is 1. The van der Waals surface area contributed by atoms with E-state index in [-0.39, 0.29) is 10.7 Å². The highest BCUT2D eigenvalue weighted by molar-refractivity contribution is 7.89. The fraction of sp³-hybridized carbons (Fsp3) is 0.300. The molecule has 6 heteroatoms. The number of sulfonamides is 1. The lowest BCUT2D eigenvalue weighted by Gasteiger charge is -2.07. The Balaban J connectivity index is 2.72. The first-order valence-corrected chi connectivity index (χ1v) is 6.20. The van der Waals surface area contributed by atoms with E-state index in [1.807, 2.05) is 0 Å². The number of nitrogens with two attached hydrogens (primary N) is 1. The van der Waals surface area contributed by atoms with Crippen LogP contribution in [0, 0.1) is 12.3 Å². The Morgan fingerprint density at radius 2 is 2.31 bits per heavy atom. The number of unbranched alkanes of at least 4 members (excludes halogenated alkanes) is 1. The molecule has 0 saturated heterocycles. The first-order valence-electron chi connectivity index (χ1n) is 4.71. The second-order valence-corrected chi connectivity index (χ2v) is 4.83. The summed E-state index contributed by atoms with van der Waals surface area (Å²) in [5.74, 6) is 2.43. The quantitative estimate of drug-likeness (QED) is 0.573. The Morgan fingerprint density at radius 3 is 2.94 bits per heavy atom. The lowest BCUT2D eigenvalue weighted by atomic mass is 10.3. The van der Waals surface area contributed by atoms with Crippen molar-refractivity contribution in [2.24, 2.45) is 0 Å². The maximum Gasteiger partial charge on any atom is 0.244 e. The SMILES string of the molecule is C#CCCCNS(=O)(=O)c1cccnc1N. The molecule has 3 N–H and O–H groups in total. The van der Waals surface area contributed by atoms with Crippen molar-refractivity contribution in [1.82, 2.24) is 9.71 Å². The van der Waals surface area contributed by atoms with Crippen molar-refractivity contribution in [2.45, 2.75) is 17.7 Å². The Hall–Kier alpha value is -1.58. The predicted molar refractivity (Wildman–Crippen MR) is 61.9 cm³/mol. The molecule has 0 radical (unpaired) electrons. The highest BCUT2D eigenvalue weighted by Crippen LogP contribution is 2.13. The summed E-state index contributed by atoms with van der Waals surface area (Å²) in [6.07, 6.45) is 7.62. The Labute approximate surface area is 95.1 Å². The fourth-order valence-electron chi connectivity index (χ4n) is 1.10. The molecule has 0 amide bonds. The molecule has 0 bridgehead atoms. The van der Waals surface area contributed by atoms with Gasteiger partial charge in [-0.15, -0.1) is 12.3 Å². The zero-order valence-corrected chi connectivity index (χ0v) is 9.50. The summed E-state index contributed by atoms with van der Waals surface area (Å²) in [7, 11) is -3.58. The van der Waals surface area contributed by atoms with Gasteiger partial charge in [-0.05, 0) is 18.6 Å². The van der Waals surface area contributed by atoms with Gasteiger partial charge in [0.1, 0.15) is 10.7 Å². The van der Waals surface area contributed by atoms with Crippen molar-refractivity contribution in [3.05, 3.63) is 18.3 Å². The highest BCUT2D eigenvalue weighted by atomic mass is 32.2. The molecule has 16 heavy (non-hydrogen) atoms. The summed E-state index contributed by atoms with van der Waals surface area (Å²) in [6.45, 7) is 0.293. The monoisotopic (exact) mass is 239 g/mol. The molecule has 0 fully saturated rings. The summed E-state index contributed by atoms with van der Waals surface area (Å²) in [5, 5.41) is 0. The predicted octanol–water partition coefficient (Wildman–Crippen LogP) is 0.356. The molecule has 0 aliphatic heterocycles. The number of hydrogen-bond donors (Lipinski definition) is 2. The summed E-state index contributed by atoms with van der Waals surface area (Å²) >= 11 is 0. The Morgan fingerprint density at radius 1 is 1.56 bits per heavy atom. The maximum atomic E-state index is 11.7. The van der Waals surface area contributed by atoms with Crippen LogP contribution in [-0.2, 0) is 10.0 Å². The third-order valence-electron chi connectivity index (χ3n) is 1.88. The molecule has 0 saturated carbocycles. The molecule has 0 aliphatic carbocycles. The van der Waals surface area contributed by atoms with E-state index < -0.39 is 10.0 Å². The third kappa shape index (κ3) is 3.22. The van der Waals surface area contributed by atoms with Crippen LogP contribution in [0.5, 0.6) is 0 Å². The highest BCUT2D eigenvalue weighted by Gasteiger charge is 2.16. The van der Waals surface area contributed by atoms with Crippen LogP contribution in [0.15, 0.2) is 23.2 Å². The van der Waals surface area contributed by atoms with Gasteiger partial charge in [-0.3, -0.25) is 0 Å². The second-order valence-electron chi connectivity index (χ2n) is 3.09. The first-order chi connectivity index (χ1) is 7.58. The fourth-order valence-corrected chi connectivity index (χ4v) is 2.26. The number of pyridine rings is 1. The summed E-state index contributed by atoms with van der Waals surface area (Å²) < 4.78 is 25.9. The van der Waals surface area contributed by atoms with Gasteiger partial charge < -0.3 is 5.73 Å². The molecule has 0 unspecified atom stereocenters. The van der Waals surface area contributed by atoms with Crippen molar-refractivity contribution >= 4 is 15.8 Å². The number of anilines is 1. The summed E-state index contributed by atoms with van der Waals surface area (Å²) in [5.41, 5.74) is 5.47. The number of rotatable bonds is 5. The van der Waals surface area contributed by atoms with E-state index in [4.69, 9.17) is 12.2 Å². The number of nitrogens with one attached hydrogen (secondary N) is 1. The molecule has 1 rings (SSSR count). The number of aromatic nitrogens is 1. The number of hydrogen-bond acceptors (Lipinski definition) is 4. The maximum absolute atomic E-state index is 11.7. The van der Waals surface area contributed by atoms with Gasteiger partial charge in [-0.25, -0.2) is 18.1 Å². The minimum Gasteiger partial charge on any atom is -0.383 e. The largest absolute Gasteiger partial charge is 0.383 e. The average molecular weight is 239 g/mol. The van der Waals surface area contributed by atoms with Crippen LogP contribution < -0.4 is 10.5 Å². The molecule has 1 aromatic rings. The van der Waals surface area contributed by atoms with E-state index in [9.17, 15) is 8.42 Å². The average Bonchev–Trinajstić information content (AvgIpc) is 2.25. The molecule has 0 spiro atoms. The summed E-state index contributed by atoms with van der Waals surface area (Å²) in [4.78, 5) is 3.71. The minimum absolute atomic E-state index is 0.00397. The zero-order chi connectivity index (χ0) is 12.0.